The van der Waals surface area contributed by atoms with E-state index in [4.69, 9.17) is 0 Å². The second-order valence-corrected chi connectivity index (χ2v) is 9.53. The van der Waals surface area contributed by atoms with Gasteiger partial charge in [-0.05, 0) is 23.3 Å². The molecule has 0 aliphatic carbocycles. The van der Waals surface area contributed by atoms with E-state index in [0.717, 1.165) is 21.2 Å². The number of hydrazone groups is 1. The number of halogens is 1. The number of carbonyl (C=O) groups is 1. The van der Waals surface area contributed by atoms with Gasteiger partial charge in [-0.15, -0.1) is 0 Å². The van der Waals surface area contributed by atoms with E-state index < -0.39 is 29.5 Å². The average molecular weight is 456 g/mol. The Morgan fingerprint density at radius 2 is 1.79 bits per heavy atom. The number of hydrogen-bond donors (Lipinski definition) is 0. The minimum absolute atomic E-state index is 0.0451. The maximum atomic E-state index is 13.5. The van der Waals surface area contributed by atoms with Gasteiger partial charge in [-0.25, -0.2) is 0 Å². The number of benzene rings is 2. The van der Waals surface area contributed by atoms with E-state index in [2.05, 4.69) is 21.0 Å². The van der Waals surface area contributed by atoms with Gasteiger partial charge in [-0.3, -0.25) is 19.9 Å². The summed E-state index contributed by atoms with van der Waals surface area (Å²) in [6.45, 7) is 5.55. The van der Waals surface area contributed by atoms with Gasteiger partial charge < -0.3 is 0 Å². The van der Waals surface area contributed by atoms with Crippen molar-refractivity contribution < 1.29 is 9.72 Å². The normalized spacial score (nSPS) is 25.4. The molecule has 0 bridgehead atoms. The standard InChI is InChI=1S/C22H22BrN3O3/c1-22(2,3)21(27)20-17(13-8-10-15(23)11-9-13)19(26(28)29)18-16-7-5-4-6-14(16)12-24-25(18)20/h4-12,17-20H,1-3H3/t17-,18+,19-,20+/m1/s1. The van der Waals surface area contributed by atoms with Crippen LogP contribution in [0.4, 0.5) is 0 Å². The molecule has 1 saturated heterocycles. The van der Waals surface area contributed by atoms with Crippen LogP contribution in [0.25, 0.3) is 0 Å². The first-order valence-corrected chi connectivity index (χ1v) is 10.3. The summed E-state index contributed by atoms with van der Waals surface area (Å²) in [6, 6.07) is 12.7. The predicted octanol–water partition coefficient (Wildman–Crippen LogP) is 4.57. The van der Waals surface area contributed by atoms with Gasteiger partial charge in [0.25, 0.3) is 0 Å². The number of rotatable bonds is 3. The molecule has 0 aromatic heterocycles. The summed E-state index contributed by atoms with van der Waals surface area (Å²) in [5.74, 6) is -0.644. The lowest BCUT2D eigenvalue weighted by molar-refractivity contribution is -0.529. The largest absolute Gasteiger partial charge is 0.297 e. The molecule has 6 nitrogen and oxygen atoms in total. The molecule has 2 aromatic rings. The van der Waals surface area contributed by atoms with Crippen molar-refractivity contribution in [1.29, 1.82) is 0 Å². The highest BCUT2D eigenvalue weighted by Gasteiger charge is 2.61. The Bertz CT molecular complexity index is 997. The number of ketones is 1. The number of nitrogens with zero attached hydrogens (tertiary/aromatic N) is 3. The van der Waals surface area contributed by atoms with E-state index >= 15 is 0 Å². The van der Waals surface area contributed by atoms with Crippen molar-refractivity contribution in [2.45, 2.75) is 44.8 Å². The van der Waals surface area contributed by atoms with Crippen molar-refractivity contribution in [2.24, 2.45) is 10.5 Å². The number of carbonyl (C=O) groups excluding carboxylic acids is 1. The van der Waals surface area contributed by atoms with Crippen molar-refractivity contribution in [3.63, 3.8) is 0 Å². The number of nitro groups is 1. The molecule has 0 N–H and O–H groups in total. The van der Waals surface area contributed by atoms with Crippen LogP contribution in [0.1, 0.15) is 49.4 Å². The van der Waals surface area contributed by atoms with Crippen LogP contribution in [-0.2, 0) is 4.79 Å². The zero-order chi connectivity index (χ0) is 20.9. The lowest BCUT2D eigenvalue weighted by atomic mass is 9.78. The molecule has 2 aliphatic rings. The maximum absolute atomic E-state index is 13.5. The zero-order valence-electron chi connectivity index (χ0n) is 16.4. The Labute approximate surface area is 177 Å². The van der Waals surface area contributed by atoms with Crippen molar-refractivity contribution >= 4 is 27.9 Å². The highest BCUT2D eigenvalue weighted by Crippen LogP contribution is 2.50. The quantitative estimate of drug-likeness (QED) is 0.501. The molecule has 2 aromatic carbocycles. The van der Waals surface area contributed by atoms with Gasteiger partial charge in [0.15, 0.2) is 5.78 Å². The molecule has 7 heteroatoms. The molecule has 2 aliphatic heterocycles. The number of Topliss-reactive ketones (excluding diaryl/α,β-unsaturated/α-hetero) is 1. The van der Waals surface area contributed by atoms with E-state index in [1.807, 2.05) is 69.3 Å². The van der Waals surface area contributed by atoms with Crippen molar-refractivity contribution in [3.05, 3.63) is 79.8 Å². The summed E-state index contributed by atoms with van der Waals surface area (Å²) in [5.41, 5.74) is 1.83. The van der Waals surface area contributed by atoms with Crippen LogP contribution in [0.3, 0.4) is 0 Å². The molecule has 150 valence electrons. The van der Waals surface area contributed by atoms with Crippen LogP contribution in [0, 0.1) is 15.5 Å². The average Bonchev–Trinajstić information content (AvgIpc) is 3.02. The zero-order valence-corrected chi connectivity index (χ0v) is 18.0. The Hall–Kier alpha value is -2.54. The van der Waals surface area contributed by atoms with Crippen LogP contribution < -0.4 is 0 Å². The molecule has 0 saturated carbocycles. The summed E-state index contributed by atoms with van der Waals surface area (Å²) < 4.78 is 0.886. The molecule has 4 rings (SSSR count). The molecular formula is C22H22BrN3O3. The third-order valence-corrected chi connectivity index (χ3v) is 6.28. The first-order valence-electron chi connectivity index (χ1n) is 9.54. The van der Waals surface area contributed by atoms with E-state index in [1.54, 1.807) is 11.2 Å². The van der Waals surface area contributed by atoms with Gasteiger partial charge in [-0.1, -0.05) is 73.1 Å². The monoisotopic (exact) mass is 455 g/mol. The predicted molar refractivity (Wildman–Crippen MR) is 115 cm³/mol. The van der Waals surface area contributed by atoms with Crippen LogP contribution in [0.2, 0.25) is 0 Å². The van der Waals surface area contributed by atoms with Crippen LogP contribution in [-0.4, -0.2) is 34.0 Å². The molecule has 0 amide bonds. The fourth-order valence-corrected chi connectivity index (χ4v) is 4.68. The molecule has 4 atom stereocenters. The minimum atomic E-state index is -0.980. The Morgan fingerprint density at radius 1 is 1.14 bits per heavy atom. The highest BCUT2D eigenvalue weighted by molar-refractivity contribution is 9.10. The van der Waals surface area contributed by atoms with Crippen LogP contribution in [0.15, 0.2) is 58.1 Å². The Morgan fingerprint density at radius 3 is 2.41 bits per heavy atom. The Kier molecular flexibility index (Phi) is 4.81. The summed E-state index contributed by atoms with van der Waals surface area (Å²) in [5, 5.41) is 18.6. The Balaban J connectivity index is 1.93. The number of hydrogen-bond acceptors (Lipinski definition) is 5. The van der Waals surface area contributed by atoms with Crippen molar-refractivity contribution in [1.82, 2.24) is 5.01 Å². The van der Waals surface area contributed by atoms with Crippen molar-refractivity contribution in [3.8, 4) is 0 Å². The fourth-order valence-electron chi connectivity index (χ4n) is 4.41. The highest BCUT2D eigenvalue weighted by atomic mass is 79.9. The van der Waals surface area contributed by atoms with Crippen LogP contribution in [0.5, 0.6) is 0 Å². The second kappa shape index (κ2) is 7.06. The van der Waals surface area contributed by atoms with Gasteiger partial charge in [0.05, 0.1) is 12.1 Å². The third-order valence-electron chi connectivity index (χ3n) is 5.75. The minimum Gasteiger partial charge on any atom is -0.297 e. The molecule has 2 heterocycles. The fraction of sp³-hybridized carbons (Fsp3) is 0.364. The van der Waals surface area contributed by atoms with Gasteiger partial charge in [0.2, 0.25) is 6.04 Å². The molecular weight excluding hydrogens is 434 g/mol. The molecule has 29 heavy (non-hydrogen) atoms. The van der Waals surface area contributed by atoms with Gasteiger partial charge in [-0.2, -0.15) is 5.10 Å². The van der Waals surface area contributed by atoms with E-state index in [9.17, 15) is 14.9 Å². The smallest absolute Gasteiger partial charge is 0.248 e. The second-order valence-electron chi connectivity index (χ2n) is 8.61. The van der Waals surface area contributed by atoms with Gasteiger partial charge >= 0.3 is 0 Å². The van der Waals surface area contributed by atoms with Gasteiger partial charge in [0.1, 0.15) is 12.1 Å². The SMILES string of the molecule is CC(C)(C)C(=O)[C@@H]1[C@H](c2ccc(Br)cc2)[C@@H]([N+](=O)[O-])[C@@H]2c3ccccc3C=NN12. The van der Waals surface area contributed by atoms with Gasteiger partial charge in [0, 0.05) is 20.4 Å². The lowest BCUT2D eigenvalue weighted by Gasteiger charge is -2.33. The van der Waals surface area contributed by atoms with Crippen LogP contribution >= 0.6 is 15.9 Å². The first-order chi connectivity index (χ1) is 13.7. The van der Waals surface area contributed by atoms with Crippen molar-refractivity contribution in [2.75, 3.05) is 0 Å². The molecule has 0 radical (unpaired) electrons. The van der Waals surface area contributed by atoms with E-state index in [0.29, 0.717) is 0 Å². The molecule has 1 fully saturated rings. The third kappa shape index (κ3) is 3.27. The summed E-state index contributed by atoms with van der Waals surface area (Å²) in [7, 11) is 0. The van der Waals surface area contributed by atoms with E-state index in [1.165, 1.54) is 0 Å². The maximum Gasteiger partial charge on any atom is 0.248 e. The summed E-state index contributed by atoms with van der Waals surface area (Å²) in [4.78, 5) is 25.6. The topological polar surface area (TPSA) is 75.8 Å². The lowest BCUT2D eigenvalue weighted by Crippen LogP contribution is -2.43. The summed E-state index contributed by atoms with van der Waals surface area (Å²) >= 11 is 3.42. The first kappa shape index (κ1) is 19.8. The van der Waals surface area contributed by atoms with E-state index in [-0.39, 0.29) is 10.7 Å². The summed E-state index contributed by atoms with van der Waals surface area (Å²) in [6.07, 6.45) is 1.70. The number of fused-ring (bicyclic) bond motifs is 3. The molecule has 0 spiro atoms. The molecule has 0 unspecified atom stereocenters.